The molecule has 1 unspecified atom stereocenters. The molecule has 1 aliphatic rings. The van der Waals surface area contributed by atoms with E-state index in [1.807, 2.05) is 6.92 Å². The van der Waals surface area contributed by atoms with E-state index in [0.717, 1.165) is 0 Å². The van der Waals surface area contributed by atoms with Crippen LogP contribution in [-0.4, -0.2) is 34.0 Å². The number of rotatable bonds is 4. The number of nitrogens with zero attached hydrogens (tertiary/aromatic N) is 1. The lowest BCUT2D eigenvalue weighted by Crippen LogP contribution is -2.53. The molecule has 21 heavy (non-hydrogen) atoms. The van der Waals surface area contributed by atoms with Gasteiger partial charge in [0.1, 0.15) is 5.54 Å². The molecule has 4 nitrogen and oxygen atoms in total. The number of hydrogen-bond acceptors (Lipinski definition) is 2. The van der Waals surface area contributed by atoms with Crippen LogP contribution in [0.1, 0.15) is 43.0 Å². The second-order valence-corrected chi connectivity index (χ2v) is 6.56. The molecule has 1 atom stereocenters. The molecular weight excluding hydrogens is 358 g/mol. The first-order chi connectivity index (χ1) is 9.92. The minimum Gasteiger partial charge on any atom is -0.479 e. The van der Waals surface area contributed by atoms with Crippen LogP contribution in [0.15, 0.2) is 22.7 Å². The van der Waals surface area contributed by atoms with Crippen molar-refractivity contribution in [2.45, 2.75) is 38.1 Å². The SMILES string of the molecule is CCCC1(C(=O)O)CCCN1C(=O)c1cc(Cl)ccc1Br. The number of amides is 1. The minimum absolute atomic E-state index is 0.280. The molecule has 1 N–H and O–H groups in total. The van der Waals surface area contributed by atoms with Crippen LogP contribution in [0.5, 0.6) is 0 Å². The number of carboxylic acids is 1. The van der Waals surface area contributed by atoms with Crippen LogP contribution in [-0.2, 0) is 4.79 Å². The fourth-order valence-corrected chi connectivity index (χ4v) is 3.57. The molecule has 1 saturated heterocycles. The Balaban J connectivity index is 2.41. The second kappa shape index (κ2) is 6.36. The monoisotopic (exact) mass is 373 g/mol. The fourth-order valence-electron chi connectivity index (χ4n) is 2.98. The van der Waals surface area contributed by atoms with Crippen molar-refractivity contribution in [2.75, 3.05) is 6.54 Å². The Bertz CT molecular complexity index is 578. The van der Waals surface area contributed by atoms with Crippen molar-refractivity contribution >= 4 is 39.4 Å². The first kappa shape index (κ1) is 16.3. The van der Waals surface area contributed by atoms with Crippen molar-refractivity contribution in [2.24, 2.45) is 0 Å². The van der Waals surface area contributed by atoms with Crippen molar-refractivity contribution in [1.29, 1.82) is 0 Å². The summed E-state index contributed by atoms with van der Waals surface area (Å²) >= 11 is 9.29. The Labute approximate surface area is 137 Å². The highest BCUT2D eigenvalue weighted by Crippen LogP contribution is 2.36. The maximum Gasteiger partial charge on any atom is 0.329 e. The Morgan fingerprint density at radius 2 is 2.19 bits per heavy atom. The van der Waals surface area contributed by atoms with Gasteiger partial charge in [-0.1, -0.05) is 24.9 Å². The number of aliphatic carboxylic acids is 1. The fraction of sp³-hybridized carbons (Fsp3) is 0.467. The van der Waals surface area contributed by atoms with Gasteiger partial charge in [0.05, 0.1) is 5.56 Å². The van der Waals surface area contributed by atoms with Crippen molar-refractivity contribution in [3.63, 3.8) is 0 Å². The van der Waals surface area contributed by atoms with E-state index in [1.165, 1.54) is 4.90 Å². The normalized spacial score (nSPS) is 21.6. The second-order valence-electron chi connectivity index (χ2n) is 5.27. The Hall–Kier alpha value is -1.07. The standard InChI is InChI=1S/C15H17BrClNO3/c1-2-6-15(14(20)21)7-3-8-18(15)13(19)11-9-10(17)4-5-12(11)16/h4-5,9H,2-3,6-8H2,1H3,(H,20,21). The van der Waals surface area contributed by atoms with E-state index < -0.39 is 11.5 Å². The summed E-state index contributed by atoms with van der Waals surface area (Å²) in [6.07, 6.45) is 2.38. The highest BCUT2D eigenvalue weighted by atomic mass is 79.9. The van der Waals surface area contributed by atoms with Gasteiger partial charge in [0.15, 0.2) is 0 Å². The molecule has 0 spiro atoms. The third kappa shape index (κ3) is 2.94. The van der Waals surface area contributed by atoms with Gasteiger partial charge >= 0.3 is 5.97 Å². The third-order valence-electron chi connectivity index (χ3n) is 3.95. The molecule has 6 heteroatoms. The summed E-state index contributed by atoms with van der Waals surface area (Å²) < 4.78 is 0.625. The molecule has 0 saturated carbocycles. The molecule has 0 radical (unpaired) electrons. The van der Waals surface area contributed by atoms with Crippen LogP contribution in [0.25, 0.3) is 0 Å². The highest BCUT2D eigenvalue weighted by molar-refractivity contribution is 9.10. The summed E-state index contributed by atoms with van der Waals surface area (Å²) in [6.45, 7) is 2.39. The van der Waals surface area contributed by atoms with Gasteiger partial charge in [0.2, 0.25) is 0 Å². The third-order valence-corrected chi connectivity index (χ3v) is 4.88. The van der Waals surface area contributed by atoms with E-state index in [1.54, 1.807) is 18.2 Å². The van der Waals surface area contributed by atoms with Gasteiger partial charge in [-0.3, -0.25) is 4.79 Å². The van der Waals surface area contributed by atoms with E-state index in [2.05, 4.69) is 15.9 Å². The highest BCUT2D eigenvalue weighted by Gasteiger charge is 2.49. The van der Waals surface area contributed by atoms with Crippen molar-refractivity contribution < 1.29 is 14.7 Å². The van der Waals surface area contributed by atoms with Crippen LogP contribution < -0.4 is 0 Å². The van der Waals surface area contributed by atoms with Gasteiger partial charge in [-0.15, -0.1) is 0 Å². The van der Waals surface area contributed by atoms with Gasteiger partial charge in [-0.05, 0) is 53.4 Å². The molecule has 114 valence electrons. The number of carbonyl (C=O) groups is 2. The molecule has 0 aliphatic carbocycles. The largest absolute Gasteiger partial charge is 0.479 e. The van der Waals surface area contributed by atoms with Crippen molar-refractivity contribution in [3.8, 4) is 0 Å². The number of carboxylic acid groups (broad SMARTS) is 1. The number of benzene rings is 1. The quantitative estimate of drug-likeness (QED) is 0.868. The lowest BCUT2D eigenvalue weighted by Gasteiger charge is -2.35. The molecule has 1 heterocycles. The smallest absolute Gasteiger partial charge is 0.329 e. The topological polar surface area (TPSA) is 57.6 Å². The first-order valence-corrected chi connectivity index (χ1v) is 8.10. The molecule has 0 bridgehead atoms. The Morgan fingerprint density at radius 3 is 2.81 bits per heavy atom. The van der Waals surface area contributed by atoms with Crippen LogP contribution in [0, 0.1) is 0 Å². The zero-order chi connectivity index (χ0) is 15.6. The summed E-state index contributed by atoms with van der Waals surface area (Å²) in [5.74, 6) is -1.20. The predicted octanol–water partition coefficient (Wildman–Crippen LogP) is 3.96. The van der Waals surface area contributed by atoms with Crippen LogP contribution in [0.4, 0.5) is 0 Å². The molecular formula is C15H17BrClNO3. The van der Waals surface area contributed by atoms with Crippen LogP contribution in [0.2, 0.25) is 5.02 Å². The minimum atomic E-state index is -1.09. The predicted molar refractivity (Wildman–Crippen MR) is 84.7 cm³/mol. The Kier molecular flexibility index (Phi) is 4.94. The summed E-state index contributed by atoms with van der Waals surface area (Å²) in [7, 11) is 0. The molecule has 0 aromatic heterocycles. The van der Waals surface area contributed by atoms with E-state index in [9.17, 15) is 14.7 Å². The number of likely N-dealkylation sites (tertiary alicyclic amines) is 1. The zero-order valence-corrected chi connectivity index (χ0v) is 14.1. The Morgan fingerprint density at radius 1 is 1.48 bits per heavy atom. The van der Waals surface area contributed by atoms with Crippen molar-refractivity contribution in [3.05, 3.63) is 33.3 Å². The van der Waals surface area contributed by atoms with Crippen LogP contribution in [0.3, 0.4) is 0 Å². The lowest BCUT2D eigenvalue weighted by atomic mass is 9.90. The first-order valence-electron chi connectivity index (χ1n) is 6.93. The number of carbonyl (C=O) groups excluding carboxylic acids is 1. The average Bonchev–Trinajstić information content (AvgIpc) is 2.86. The van der Waals surface area contributed by atoms with Gasteiger partial charge < -0.3 is 10.0 Å². The van der Waals surface area contributed by atoms with Gasteiger partial charge in [0, 0.05) is 16.0 Å². The van der Waals surface area contributed by atoms with E-state index in [-0.39, 0.29) is 5.91 Å². The molecule has 2 rings (SSSR count). The molecule has 1 amide bonds. The van der Waals surface area contributed by atoms with Gasteiger partial charge in [0.25, 0.3) is 5.91 Å². The van der Waals surface area contributed by atoms with E-state index >= 15 is 0 Å². The lowest BCUT2D eigenvalue weighted by molar-refractivity contribution is -0.148. The number of halogens is 2. The van der Waals surface area contributed by atoms with E-state index in [0.29, 0.717) is 47.3 Å². The summed E-state index contributed by atoms with van der Waals surface area (Å²) in [4.78, 5) is 26.1. The molecule has 1 aromatic carbocycles. The molecule has 1 fully saturated rings. The zero-order valence-electron chi connectivity index (χ0n) is 11.7. The average molecular weight is 375 g/mol. The van der Waals surface area contributed by atoms with Gasteiger partial charge in [-0.2, -0.15) is 0 Å². The maximum absolute atomic E-state index is 12.8. The van der Waals surface area contributed by atoms with E-state index in [4.69, 9.17) is 11.6 Å². The molecule has 1 aromatic rings. The summed E-state index contributed by atoms with van der Waals surface area (Å²) in [6, 6.07) is 4.96. The molecule has 1 aliphatic heterocycles. The summed E-state index contributed by atoms with van der Waals surface area (Å²) in [5.41, 5.74) is -0.681. The maximum atomic E-state index is 12.8. The van der Waals surface area contributed by atoms with Crippen molar-refractivity contribution in [1.82, 2.24) is 4.90 Å². The van der Waals surface area contributed by atoms with Crippen LogP contribution >= 0.6 is 27.5 Å². The number of hydrogen-bond donors (Lipinski definition) is 1. The van der Waals surface area contributed by atoms with Gasteiger partial charge in [-0.25, -0.2) is 4.79 Å². The summed E-state index contributed by atoms with van der Waals surface area (Å²) in [5, 5.41) is 10.1.